The van der Waals surface area contributed by atoms with Gasteiger partial charge in [-0.15, -0.1) is 0 Å². The second-order valence-corrected chi connectivity index (χ2v) is 12.5. The van der Waals surface area contributed by atoms with Crippen molar-refractivity contribution in [1.29, 1.82) is 0 Å². The first kappa shape index (κ1) is 46.2. The summed E-state index contributed by atoms with van der Waals surface area (Å²) in [5.41, 5.74) is -0.534. The summed E-state index contributed by atoms with van der Waals surface area (Å²) in [6.45, 7) is 10.1. The van der Waals surface area contributed by atoms with E-state index in [2.05, 4.69) is 47.9 Å². The van der Waals surface area contributed by atoms with E-state index < -0.39 is 5.41 Å². The van der Waals surface area contributed by atoms with Crippen LogP contribution in [0.5, 0.6) is 0 Å². The van der Waals surface area contributed by atoms with Crippen LogP contribution in [0.3, 0.4) is 0 Å². The standard InChI is InChI=1S/C32H58N10O9/c1-24(44)34-13-14-36-26(46)6-9-29(49)39-18-21-42(20-17-38-28(48)8-5-25(45)35-12-11-33-23-43)22-19-40-30(50)10-7-27(47)37-15-16-41-31(51)32(2,3)4/h23H,5-22H2,1-4H3,(H,33,43)(H,34,44)(H,35,45)(H,36,46)(H,37,47)(H,38,48)(H,39,49)(H,40,50)(H,41,51). The molecule has 51 heavy (non-hydrogen) atoms. The van der Waals surface area contributed by atoms with E-state index in [1.165, 1.54) is 6.92 Å². The monoisotopic (exact) mass is 726 g/mol. The molecular formula is C32H58N10O9. The number of rotatable bonds is 28. The van der Waals surface area contributed by atoms with Crippen LogP contribution in [0.4, 0.5) is 0 Å². The Labute approximate surface area is 299 Å². The average molecular weight is 727 g/mol. The molecule has 0 aromatic carbocycles. The van der Waals surface area contributed by atoms with Gasteiger partial charge in [-0.2, -0.15) is 0 Å². The quantitative estimate of drug-likeness (QED) is 0.0282. The molecule has 0 aromatic heterocycles. The van der Waals surface area contributed by atoms with Gasteiger partial charge in [0.25, 0.3) is 0 Å². The molecule has 0 radical (unpaired) electrons. The van der Waals surface area contributed by atoms with Gasteiger partial charge < -0.3 is 47.9 Å². The highest BCUT2D eigenvalue weighted by atomic mass is 16.2. The van der Waals surface area contributed by atoms with Crippen LogP contribution in [-0.4, -0.2) is 137 Å². The molecule has 0 saturated heterocycles. The second kappa shape index (κ2) is 27.9. The van der Waals surface area contributed by atoms with E-state index in [0.29, 0.717) is 26.0 Å². The lowest BCUT2D eigenvalue weighted by molar-refractivity contribution is -0.129. The Morgan fingerprint density at radius 2 is 0.745 bits per heavy atom. The molecule has 0 bridgehead atoms. The second-order valence-electron chi connectivity index (χ2n) is 12.5. The van der Waals surface area contributed by atoms with Gasteiger partial charge in [-0.25, -0.2) is 0 Å². The molecule has 0 aliphatic rings. The Hall–Kier alpha value is -4.81. The zero-order valence-electron chi connectivity index (χ0n) is 30.4. The van der Waals surface area contributed by atoms with Crippen molar-refractivity contribution in [3.8, 4) is 0 Å². The summed E-state index contributed by atoms with van der Waals surface area (Å²) in [5.74, 6) is -2.30. The molecule has 19 heteroatoms. The number of hydrogen-bond acceptors (Lipinski definition) is 10. The van der Waals surface area contributed by atoms with Gasteiger partial charge in [0.15, 0.2) is 0 Å². The van der Waals surface area contributed by atoms with Crippen LogP contribution in [0.25, 0.3) is 0 Å². The third kappa shape index (κ3) is 28.7. The summed E-state index contributed by atoms with van der Waals surface area (Å²) in [5, 5.41) is 23.8. The number of amides is 9. The smallest absolute Gasteiger partial charge is 0.225 e. The third-order valence-electron chi connectivity index (χ3n) is 6.90. The highest BCUT2D eigenvalue weighted by molar-refractivity contribution is 5.85. The molecule has 0 heterocycles. The Kier molecular flexibility index (Phi) is 25.3. The minimum atomic E-state index is -0.534. The fraction of sp³-hybridized carbons (Fsp3) is 0.719. The molecule has 9 N–H and O–H groups in total. The van der Waals surface area contributed by atoms with E-state index in [4.69, 9.17) is 0 Å². The molecule has 9 amide bonds. The van der Waals surface area contributed by atoms with Gasteiger partial charge >= 0.3 is 0 Å². The van der Waals surface area contributed by atoms with Gasteiger partial charge in [0.05, 0.1) is 0 Å². The van der Waals surface area contributed by atoms with Crippen molar-refractivity contribution >= 4 is 53.7 Å². The Morgan fingerprint density at radius 3 is 1.06 bits per heavy atom. The van der Waals surface area contributed by atoms with Crippen LogP contribution in [0.2, 0.25) is 0 Å². The van der Waals surface area contributed by atoms with Crippen molar-refractivity contribution in [2.45, 2.75) is 66.2 Å². The van der Waals surface area contributed by atoms with Gasteiger partial charge in [-0.05, 0) is 0 Å². The highest BCUT2D eigenvalue weighted by Crippen LogP contribution is 2.11. The maximum atomic E-state index is 12.3. The molecule has 0 aliphatic carbocycles. The molecule has 0 aromatic rings. The summed E-state index contributed by atoms with van der Waals surface area (Å²) in [4.78, 5) is 108. The van der Waals surface area contributed by atoms with E-state index in [1.54, 1.807) is 20.8 Å². The Bertz CT molecular complexity index is 1150. The molecule has 0 unspecified atom stereocenters. The predicted octanol–water partition coefficient (Wildman–Crippen LogP) is -3.63. The minimum absolute atomic E-state index is 0.0200. The van der Waals surface area contributed by atoms with Crippen LogP contribution >= 0.6 is 0 Å². The summed E-state index contributed by atoms with van der Waals surface area (Å²) in [7, 11) is 0. The van der Waals surface area contributed by atoms with Crippen molar-refractivity contribution in [3.63, 3.8) is 0 Å². The van der Waals surface area contributed by atoms with Gasteiger partial charge in [0.2, 0.25) is 53.7 Å². The van der Waals surface area contributed by atoms with Gasteiger partial charge in [0.1, 0.15) is 0 Å². The normalized spacial score (nSPS) is 10.7. The van der Waals surface area contributed by atoms with Gasteiger partial charge in [0, 0.05) is 129 Å². The fourth-order valence-corrected chi connectivity index (χ4v) is 4.02. The van der Waals surface area contributed by atoms with Crippen molar-refractivity contribution < 1.29 is 43.2 Å². The molecule has 0 fully saturated rings. The zero-order valence-corrected chi connectivity index (χ0v) is 30.4. The van der Waals surface area contributed by atoms with E-state index in [9.17, 15) is 43.2 Å². The number of carbonyl (C=O) groups excluding carboxylic acids is 9. The first-order valence-corrected chi connectivity index (χ1v) is 17.2. The number of nitrogens with zero attached hydrogens (tertiary/aromatic N) is 1. The SMILES string of the molecule is CC(=O)NCCNC(=O)CCC(=O)NCCN(CCNC(=O)CCC(=O)NCCNC=O)CCNC(=O)CCC(=O)NCCNC(=O)C(C)(C)C. The molecule has 0 saturated carbocycles. The summed E-state index contributed by atoms with van der Waals surface area (Å²) in [6.07, 6.45) is 0.365. The fourth-order valence-electron chi connectivity index (χ4n) is 4.02. The minimum Gasteiger partial charge on any atom is -0.357 e. The van der Waals surface area contributed by atoms with Crippen LogP contribution in [-0.2, 0) is 43.2 Å². The molecule has 0 spiro atoms. The predicted molar refractivity (Wildman–Crippen MR) is 187 cm³/mol. The molecule has 0 rings (SSSR count). The summed E-state index contributed by atoms with van der Waals surface area (Å²) < 4.78 is 0. The number of nitrogens with one attached hydrogen (secondary N) is 9. The van der Waals surface area contributed by atoms with Gasteiger partial charge in [-0.1, -0.05) is 20.8 Å². The van der Waals surface area contributed by atoms with Crippen molar-refractivity contribution in [2.24, 2.45) is 5.41 Å². The van der Waals surface area contributed by atoms with E-state index >= 15 is 0 Å². The maximum Gasteiger partial charge on any atom is 0.225 e. The topological polar surface area (TPSA) is 265 Å². The van der Waals surface area contributed by atoms with Crippen LogP contribution in [0.15, 0.2) is 0 Å². The first-order chi connectivity index (χ1) is 24.1. The molecule has 0 atom stereocenters. The van der Waals surface area contributed by atoms with Crippen molar-refractivity contribution in [3.05, 3.63) is 0 Å². The molecule has 290 valence electrons. The van der Waals surface area contributed by atoms with Crippen LogP contribution in [0.1, 0.15) is 66.2 Å². The van der Waals surface area contributed by atoms with Crippen LogP contribution < -0.4 is 47.9 Å². The molecule has 0 aliphatic heterocycles. The van der Waals surface area contributed by atoms with E-state index in [1.807, 2.05) is 4.90 Å². The summed E-state index contributed by atoms with van der Waals surface area (Å²) >= 11 is 0. The number of carbonyl (C=O) groups is 9. The summed E-state index contributed by atoms with van der Waals surface area (Å²) in [6, 6.07) is 0. The number of hydrogen-bond donors (Lipinski definition) is 9. The van der Waals surface area contributed by atoms with Crippen LogP contribution in [0, 0.1) is 5.41 Å². The molecule has 19 nitrogen and oxygen atoms in total. The lowest BCUT2D eigenvalue weighted by Crippen LogP contribution is -2.43. The van der Waals surface area contributed by atoms with Crippen molar-refractivity contribution in [2.75, 3.05) is 78.5 Å². The Morgan fingerprint density at radius 1 is 0.451 bits per heavy atom. The highest BCUT2D eigenvalue weighted by Gasteiger charge is 2.20. The van der Waals surface area contributed by atoms with Gasteiger partial charge in [-0.3, -0.25) is 48.1 Å². The Balaban J connectivity index is 4.65. The largest absolute Gasteiger partial charge is 0.357 e. The van der Waals surface area contributed by atoms with Crippen molar-refractivity contribution in [1.82, 2.24) is 52.8 Å². The third-order valence-corrected chi connectivity index (χ3v) is 6.90. The molecular weight excluding hydrogens is 668 g/mol. The lowest BCUT2D eigenvalue weighted by atomic mass is 9.96. The lowest BCUT2D eigenvalue weighted by Gasteiger charge is -2.23. The van der Waals surface area contributed by atoms with E-state index in [0.717, 1.165) is 0 Å². The first-order valence-electron chi connectivity index (χ1n) is 17.2. The average Bonchev–Trinajstić information content (AvgIpc) is 3.06. The maximum absolute atomic E-state index is 12.3. The zero-order chi connectivity index (χ0) is 38.5. The van der Waals surface area contributed by atoms with E-state index in [-0.39, 0.29) is 145 Å².